The summed E-state index contributed by atoms with van der Waals surface area (Å²) in [7, 11) is 0. The van der Waals surface area contributed by atoms with E-state index >= 15 is 0 Å². The van der Waals surface area contributed by atoms with Crippen LogP contribution in [0.3, 0.4) is 0 Å². The van der Waals surface area contributed by atoms with Crippen LogP contribution in [0.2, 0.25) is 10.0 Å². The molecule has 110 valence electrons. The second kappa shape index (κ2) is 6.89. The van der Waals surface area contributed by atoms with Crippen LogP contribution in [0.4, 0.5) is 5.69 Å². The maximum absolute atomic E-state index is 10.8. The highest BCUT2D eigenvalue weighted by Crippen LogP contribution is 2.23. The largest absolute Gasteiger partial charge is 0.306 e. The molecule has 0 spiro atoms. The lowest BCUT2D eigenvalue weighted by molar-refractivity contribution is -0.384. The number of hydrogen-bond acceptors (Lipinski definition) is 3. The highest BCUT2D eigenvalue weighted by atomic mass is 35.5. The Balaban J connectivity index is 2.09. The zero-order valence-electron chi connectivity index (χ0n) is 11.3. The third kappa shape index (κ3) is 4.17. The molecule has 6 heteroatoms. The van der Waals surface area contributed by atoms with E-state index in [0.29, 0.717) is 22.2 Å². The van der Waals surface area contributed by atoms with Gasteiger partial charge in [0.05, 0.1) is 4.92 Å². The van der Waals surface area contributed by atoms with Crippen molar-refractivity contribution in [3.63, 3.8) is 0 Å². The Labute approximate surface area is 132 Å². The highest BCUT2D eigenvalue weighted by Gasteiger charge is 2.11. The molecule has 0 aromatic heterocycles. The first-order valence-electron chi connectivity index (χ1n) is 6.39. The van der Waals surface area contributed by atoms with E-state index in [4.69, 9.17) is 23.2 Å². The predicted molar refractivity (Wildman–Crippen MR) is 84.8 cm³/mol. The average molecular weight is 325 g/mol. The fraction of sp³-hybridized carbons (Fsp3) is 0.200. The van der Waals surface area contributed by atoms with Gasteiger partial charge in [-0.2, -0.15) is 0 Å². The van der Waals surface area contributed by atoms with E-state index in [0.717, 1.165) is 5.56 Å². The van der Waals surface area contributed by atoms with Crippen LogP contribution in [0.1, 0.15) is 24.1 Å². The summed E-state index contributed by atoms with van der Waals surface area (Å²) >= 11 is 12.0. The van der Waals surface area contributed by atoms with Gasteiger partial charge in [0.15, 0.2) is 0 Å². The molecule has 0 saturated carbocycles. The van der Waals surface area contributed by atoms with Crippen LogP contribution in [0.5, 0.6) is 0 Å². The number of nitrogens with one attached hydrogen (secondary N) is 1. The van der Waals surface area contributed by atoms with Crippen LogP contribution in [-0.2, 0) is 6.54 Å². The van der Waals surface area contributed by atoms with Gasteiger partial charge in [0.2, 0.25) is 0 Å². The van der Waals surface area contributed by atoms with Gasteiger partial charge >= 0.3 is 0 Å². The van der Waals surface area contributed by atoms with Crippen molar-refractivity contribution in [1.29, 1.82) is 0 Å². The predicted octanol–water partition coefficient (Wildman–Crippen LogP) is 4.75. The van der Waals surface area contributed by atoms with Crippen molar-refractivity contribution in [3.05, 3.63) is 73.8 Å². The molecule has 0 radical (unpaired) electrons. The molecule has 0 aliphatic carbocycles. The SMILES string of the molecule is CC(NCc1cc([N+](=O)[O-])ccc1Cl)c1cccc(Cl)c1. The van der Waals surface area contributed by atoms with Crippen LogP contribution in [0.25, 0.3) is 0 Å². The van der Waals surface area contributed by atoms with Gasteiger partial charge in [-0.1, -0.05) is 35.3 Å². The van der Waals surface area contributed by atoms with Crippen molar-refractivity contribution in [2.45, 2.75) is 19.5 Å². The summed E-state index contributed by atoms with van der Waals surface area (Å²) in [6, 6.07) is 12.0. The smallest absolute Gasteiger partial charge is 0.269 e. The minimum absolute atomic E-state index is 0.0339. The van der Waals surface area contributed by atoms with Gasteiger partial charge in [-0.05, 0) is 36.2 Å². The highest BCUT2D eigenvalue weighted by molar-refractivity contribution is 6.31. The molecule has 1 unspecified atom stereocenters. The first-order chi connectivity index (χ1) is 9.97. The monoisotopic (exact) mass is 324 g/mol. The number of halogens is 2. The minimum Gasteiger partial charge on any atom is -0.306 e. The van der Waals surface area contributed by atoms with Gasteiger partial charge in [0.25, 0.3) is 5.69 Å². The Hall–Kier alpha value is -1.62. The molecule has 0 heterocycles. The maximum atomic E-state index is 10.8. The first-order valence-corrected chi connectivity index (χ1v) is 7.14. The van der Waals surface area contributed by atoms with Gasteiger partial charge in [-0.25, -0.2) is 0 Å². The molecule has 1 N–H and O–H groups in total. The summed E-state index contributed by atoms with van der Waals surface area (Å²) in [6.45, 7) is 2.44. The third-order valence-corrected chi connectivity index (χ3v) is 3.79. The van der Waals surface area contributed by atoms with E-state index in [1.54, 1.807) is 6.07 Å². The van der Waals surface area contributed by atoms with Crippen LogP contribution < -0.4 is 5.32 Å². The molecular formula is C15H14Cl2N2O2. The molecule has 21 heavy (non-hydrogen) atoms. The second-order valence-corrected chi connectivity index (χ2v) is 5.53. The molecule has 2 aromatic rings. The molecule has 2 aromatic carbocycles. The van der Waals surface area contributed by atoms with Crippen LogP contribution >= 0.6 is 23.2 Å². The zero-order chi connectivity index (χ0) is 15.4. The standard InChI is InChI=1S/C15H14Cl2N2O2/c1-10(11-3-2-4-13(16)7-11)18-9-12-8-14(19(20)21)5-6-15(12)17/h2-8,10,18H,9H2,1H3. The van der Waals surface area contributed by atoms with Crippen molar-refractivity contribution >= 4 is 28.9 Å². The molecule has 2 rings (SSSR count). The number of rotatable bonds is 5. The third-order valence-electron chi connectivity index (χ3n) is 3.19. The van der Waals surface area contributed by atoms with E-state index < -0.39 is 4.92 Å². The summed E-state index contributed by atoms with van der Waals surface area (Å²) in [5, 5.41) is 15.3. The number of non-ortho nitro benzene ring substituents is 1. The van der Waals surface area contributed by atoms with Crippen LogP contribution in [0.15, 0.2) is 42.5 Å². The van der Waals surface area contributed by atoms with Crippen molar-refractivity contribution in [2.75, 3.05) is 0 Å². The molecule has 0 fully saturated rings. The Morgan fingerprint density at radius 3 is 2.67 bits per heavy atom. The zero-order valence-corrected chi connectivity index (χ0v) is 12.9. The van der Waals surface area contributed by atoms with Gasteiger partial charge in [-0.3, -0.25) is 10.1 Å². The van der Waals surface area contributed by atoms with E-state index in [2.05, 4.69) is 5.32 Å². The van der Waals surface area contributed by atoms with E-state index in [9.17, 15) is 10.1 Å². The topological polar surface area (TPSA) is 55.2 Å². The van der Waals surface area contributed by atoms with E-state index in [1.807, 2.05) is 31.2 Å². The summed E-state index contributed by atoms with van der Waals surface area (Å²) in [5.74, 6) is 0. The lowest BCUT2D eigenvalue weighted by Gasteiger charge is -2.15. The molecule has 0 aliphatic heterocycles. The van der Waals surface area contributed by atoms with Gasteiger partial charge in [-0.15, -0.1) is 0 Å². The molecule has 0 aliphatic rings. The van der Waals surface area contributed by atoms with E-state index in [1.165, 1.54) is 12.1 Å². The lowest BCUT2D eigenvalue weighted by Crippen LogP contribution is -2.18. The van der Waals surface area contributed by atoms with Crippen molar-refractivity contribution in [2.24, 2.45) is 0 Å². The Morgan fingerprint density at radius 1 is 1.24 bits per heavy atom. The molecule has 4 nitrogen and oxygen atoms in total. The maximum Gasteiger partial charge on any atom is 0.269 e. The number of benzene rings is 2. The lowest BCUT2D eigenvalue weighted by atomic mass is 10.1. The Bertz CT molecular complexity index is 662. The summed E-state index contributed by atoms with van der Waals surface area (Å²) in [5.41, 5.74) is 1.77. The number of nitro benzene ring substituents is 1. The molecule has 0 bridgehead atoms. The quantitative estimate of drug-likeness (QED) is 0.637. The molecule has 0 saturated heterocycles. The minimum atomic E-state index is -0.430. The average Bonchev–Trinajstić information content (AvgIpc) is 2.45. The Morgan fingerprint density at radius 2 is 2.00 bits per heavy atom. The Kier molecular flexibility index (Phi) is 5.17. The van der Waals surface area contributed by atoms with Crippen molar-refractivity contribution < 1.29 is 4.92 Å². The van der Waals surface area contributed by atoms with Gasteiger partial charge in [0, 0.05) is 34.8 Å². The number of nitro groups is 1. The normalized spacial score (nSPS) is 12.1. The summed E-state index contributed by atoms with van der Waals surface area (Å²) in [4.78, 5) is 10.4. The molecule has 1 atom stereocenters. The number of hydrogen-bond donors (Lipinski definition) is 1. The number of nitrogens with zero attached hydrogens (tertiary/aromatic N) is 1. The first kappa shape index (κ1) is 15.8. The molecule has 0 amide bonds. The fourth-order valence-electron chi connectivity index (χ4n) is 1.97. The fourth-order valence-corrected chi connectivity index (χ4v) is 2.35. The van der Waals surface area contributed by atoms with E-state index in [-0.39, 0.29) is 11.7 Å². The van der Waals surface area contributed by atoms with Crippen LogP contribution in [-0.4, -0.2) is 4.92 Å². The van der Waals surface area contributed by atoms with Crippen molar-refractivity contribution in [1.82, 2.24) is 5.32 Å². The van der Waals surface area contributed by atoms with Gasteiger partial charge < -0.3 is 5.32 Å². The second-order valence-electron chi connectivity index (χ2n) is 4.69. The van der Waals surface area contributed by atoms with Crippen LogP contribution in [0, 0.1) is 10.1 Å². The molecular weight excluding hydrogens is 311 g/mol. The summed E-state index contributed by atoms with van der Waals surface area (Å²) < 4.78 is 0. The summed E-state index contributed by atoms with van der Waals surface area (Å²) in [6.07, 6.45) is 0. The van der Waals surface area contributed by atoms with Crippen molar-refractivity contribution in [3.8, 4) is 0 Å². The van der Waals surface area contributed by atoms with Gasteiger partial charge in [0.1, 0.15) is 0 Å².